The van der Waals surface area contributed by atoms with Crippen molar-refractivity contribution in [2.24, 2.45) is 0 Å². The van der Waals surface area contributed by atoms with E-state index in [2.05, 4.69) is 16.3 Å². The van der Waals surface area contributed by atoms with Gasteiger partial charge in [-0.3, -0.25) is 24.6 Å². The molecule has 1 atom stereocenters. The Bertz CT molecular complexity index is 1290. The number of imide groups is 1. The lowest BCUT2D eigenvalue weighted by Gasteiger charge is -2.40. The predicted octanol–water partition coefficient (Wildman–Crippen LogP) is 4.39. The molecular weight excluding hydrogens is 489 g/mol. The van der Waals surface area contributed by atoms with Gasteiger partial charge in [0.1, 0.15) is 11.9 Å². The minimum absolute atomic E-state index is 0.131. The quantitative estimate of drug-likeness (QED) is 0.574. The summed E-state index contributed by atoms with van der Waals surface area (Å²) in [5.41, 5.74) is 5.65. The SMILES string of the molecule is O=C1CCC(N2Cc3cc(SC4CN(CC5=C(c6ccc(F)cc6)CCCC5)C4)ccc3C2=O)C(=O)N1. The van der Waals surface area contributed by atoms with Gasteiger partial charge in [0.15, 0.2) is 0 Å². The summed E-state index contributed by atoms with van der Waals surface area (Å²) in [5.74, 6) is -0.972. The second kappa shape index (κ2) is 10.1. The molecule has 0 saturated carbocycles. The van der Waals surface area contributed by atoms with Gasteiger partial charge in [-0.2, -0.15) is 0 Å². The second-order valence-corrected chi connectivity index (χ2v) is 11.8. The van der Waals surface area contributed by atoms with Crippen molar-refractivity contribution < 1.29 is 18.8 Å². The lowest BCUT2D eigenvalue weighted by Crippen LogP contribution is -2.52. The van der Waals surface area contributed by atoms with Crippen LogP contribution >= 0.6 is 11.8 Å². The maximum atomic E-state index is 13.4. The highest BCUT2D eigenvalue weighted by atomic mass is 32.2. The maximum Gasteiger partial charge on any atom is 0.255 e. The van der Waals surface area contributed by atoms with Crippen molar-refractivity contribution in [3.05, 3.63) is 70.5 Å². The molecule has 8 heteroatoms. The van der Waals surface area contributed by atoms with Gasteiger partial charge in [-0.25, -0.2) is 4.39 Å². The third kappa shape index (κ3) is 4.97. The van der Waals surface area contributed by atoms with Gasteiger partial charge in [-0.05, 0) is 79.1 Å². The average molecular weight is 520 g/mol. The highest BCUT2D eigenvalue weighted by Gasteiger charge is 2.39. The third-order valence-corrected chi connectivity index (χ3v) is 9.07. The van der Waals surface area contributed by atoms with E-state index in [-0.39, 0.29) is 30.0 Å². The standard InChI is InChI=1S/C29H30FN3O3S/c30-21-7-5-18(6-8-21)24-4-2-1-3-19(24)14-32-16-23(17-32)37-22-9-10-25-20(13-22)15-33(29(25)36)26-11-12-27(34)31-28(26)35/h5-10,13,23,26H,1-4,11-12,14-17H2,(H,31,34,35). The number of rotatable bonds is 6. The molecule has 6 nitrogen and oxygen atoms in total. The van der Waals surface area contributed by atoms with Crippen LogP contribution in [0.2, 0.25) is 0 Å². The molecule has 4 aliphatic rings. The molecule has 1 N–H and O–H groups in total. The van der Waals surface area contributed by atoms with Crippen molar-refractivity contribution in [3.8, 4) is 0 Å². The van der Waals surface area contributed by atoms with Gasteiger partial charge in [-0.1, -0.05) is 17.7 Å². The number of piperidine rings is 1. The van der Waals surface area contributed by atoms with Gasteiger partial charge in [-0.15, -0.1) is 11.8 Å². The van der Waals surface area contributed by atoms with Crippen LogP contribution in [0.25, 0.3) is 5.57 Å². The lowest BCUT2D eigenvalue weighted by atomic mass is 9.86. The van der Waals surface area contributed by atoms with Gasteiger partial charge < -0.3 is 4.90 Å². The molecule has 2 saturated heterocycles. The van der Waals surface area contributed by atoms with Crippen molar-refractivity contribution >= 4 is 35.1 Å². The molecule has 3 aliphatic heterocycles. The van der Waals surface area contributed by atoms with E-state index in [1.54, 1.807) is 17.0 Å². The van der Waals surface area contributed by atoms with Crippen molar-refractivity contribution in [2.45, 2.75) is 61.3 Å². The number of nitrogens with zero attached hydrogens (tertiary/aromatic N) is 2. The zero-order chi connectivity index (χ0) is 25.5. The molecule has 2 fully saturated rings. The summed E-state index contributed by atoms with van der Waals surface area (Å²) in [6.45, 7) is 3.42. The van der Waals surface area contributed by atoms with Crippen LogP contribution in [0.1, 0.15) is 60.0 Å². The molecule has 192 valence electrons. The molecule has 3 amide bonds. The zero-order valence-electron chi connectivity index (χ0n) is 20.7. The third-order valence-electron chi connectivity index (χ3n) is 7.91. The van der Waals surface area contributed by atoms with Crippen molar-refractivity contribution in [3.63, 3.8) is 0 Å². The average Bonchev–Trinajstić information content (AvgIpc) is 3.19. The first-order valence-electron chi connectivity index (χ1n) is 13.1. The summed E-state index contributed by atoms with van der Waals surface area (Å²) in [7, 11) is 0. The van der Waals surface area contributed by atoms with Crippen LogP contribution in [0.4, 0.5) is 4.39 Å². The Labute approximate surface area is 220 Å². The molecule has 0 spiro atoms. The number of halogens is 1. The van der Waals surface area contributed by atoms with E-state index in [0.29, 0.717) is 23.8 Å². The Morgan fingerprint density at radius 1 is 0.973 bits per heavy atom. The number of nitrogens with one attached hydrogen (secondary N) is 1. The first-order chi connectivity index (χ1) is 17.9. The number of hydrogen-bond acceptors (Lipinski definition) is 5. The fourth-order valence-electron chi connectivity index (χ4n) is 5.95. The first-order valence-corrected chi connectivity index (χ1v) is 14.0. The van der Waals surface area contributed by atoms with E-state index in [0.717, 1.165) is 48.5 Å². The van der Waals surface area contributed by atoms with Crippen molar-refractivity contribution in [2.75, 3.05) is 19.6 Å². The Balaban J connectivity index is 1.06. The normalized spacial score (nSPS) is 22.8. The number of thioether (sulfide) groups is 1. The summed E-state index contributed by atoms with van der Waals surface area (Å²) in [6.07, 6.45) is 5.23. The van der Waals surface area contributed by atoms with Crippen LogP contribution in [0.3, 0.4) is 0 Å². The molecule has 6 rings (SSSR count). The molecule has 0 bridgehead atoms. The van der Waals surface area contributed by atoms with Crippen LogP contribution in [-0.2, 0) is 16.1 Å². The number of benzene rings is 2. The fraction of sp³-hybridized carbons (Fsp3) is 0.414. The van der Waals surface area contributed by atoms with Crippen LogP contribution in [0.5, 0.6) is 0 Å². The van der Waals surface area contributed by atoms with Crippen LogP contribution in [0, 0.1) is 5.82 Å². The Hall–Kier alpha value is -2.97. The summed E-state index contributed by atoms with van der Waals surface area (Å²) in [6, 6.07) is 12.3. The van der Waals surface area contributed by atoms with Gasteiger partial charge in [0.05, 0.1) is 0 Å². The number of fused-ring (bicyclic) bond motifs is 1. The van der Waals surface area contributed by atoms with E-state index < -0.39 is 6.04 Å². The number of likely N-dealkylation sites (tertiary alicyclic amines) is 1. The van der Waals surface area contributed by atoms with Gasteiger partial charge in [0.25, 0.3) is 5.91 Å². The largest absolute Gasteiger partial charge is 0.322 e. The Kier molecular flexibility index (Phi) is 6.63. The molecule has 0 radical (unpaired) electrons. The summed E-state index contributed by atoms with van der Waals surface area (Å²) >= 11 is 1.85. The molecule has 1 aliphatic carbocycles. The minimum atomic E-state index is -0.581. The van der Waals surface area contributed by atoms with E-state index in [4.69, 9.17) is 0 Å². The van der Waals surface area contributed by atoms with Crippen LogP contribution in [-0.4, -0.2) is 58.4 Å². The van der Waals surface area contributed by atoms with Gasteiger partial charge >= 0.3 is 0 Å². The van der Waals surface area contributed by atoms with E-state index in [9.17, 15) is 18.8 Å². The second-order valence-electron chi connectivity index (χ2n) is 10.4. The van der Waals surface area contributed by atoms with Gasteiger partial charge in [0, 0.05) is 48.3 Å². The number of allylic oxidation sites excluding steroid dienone is 1. The maximum absolute atomic E-state index is 13.4. The first kappa shape index (κ1) is 24.4. The lowest BCUT2D eigenvalue weighted by molar-refractivity contribution is -0.136. The molecule has 0 aromatic heterocycles. The molecule has 37 heavy (non-hydrogen) atoms. The Morgan fingerprint density at radius 2 is 1.76 bits per heavy atom. The highest BCUT2D eigenvalue weighted by Crippen LogP contribution is 2.37. The zero-order valence-corrected chi connectivity index (χ0v) is 21.5. The summed E-state index contributed by atoms with van der Waals surface area (Å²) < 4.78 is 13.4. The summed E-state index contributed by atoms with van der Waals surface area (Å²) in [4.78, 5) is 41.9. The topological polar surface area (TPSA) is 69.7 Å². The number of carbonyl (C=O) groups excluding carboxylic acids is 3. The van der Waals surface area contributed by atoms with E-state index in [1.807, 2.05) is 36.0 Å². The van der Waals surface area contributed by atoms with Gasteiger partial charge in [0.2, 0.25) is 11.8 Å². The highest BCUT2D eigenvalue weighted by molar-refractivity contribution is 8.00. The molecule has 3 heterocycles. The summed E-state index contributed by atoms with van der Waals surface area (Å²) in [5, 5.41) is 2.85. The number of carbonyl (C=O) groups is 3. The van der Waals surface area contributed by atoms with Crippen molar-refractivity contribution in [1.29, 1.82) is 0 Å². The molecule has 2 aromatic carbocycles. The van der Waals surface area contributed by atoms with E-state index >= 15 is 0 Å². The van der Waals surface area contributed by atoms with Crippen LogP contribution < -0.4 is 5.32 Å². The van der Waals surface area contributed by atoms with Crippen LogP contribution in [0.15, 0.2) is 52.9 Å². The minimum Gasteiger partial charge on any atom is -0.322 e. The predicted molar refractivity (Wildman–Crippen MR) is 140 cm³/mol. The fourth-order valence-corrected chi connectivity index (χ4v) is 7.27. The smallest absolute Gasteiger partial charge is 0.255 e. The Morgan fingerprint density at radius 3 is 2.54 bits per heavy atom. The molecule has 2 aromatic rings. The molecular formula is C29H30FN3O3S. The van der Waals surface area contributed by atoms with E-state index in [1.165, 1.54) is 24.0 Å². The molecule has 1 unspecified atom stereocenters. The number of hydrogen-bond donors (Lipinski definition) is 1. The number of amides is 3. The van der Waals surface area contributed by atoms with Crippen molar-refractivity contribution in [1.82, 2.24) is 15.1 Å². The monoisotopic (exact) mass is 519 g/mol.